The molecular weight excluding hydrogens is 273 g/mol. The van der Waals surface area contributed by atoms with Gasteiger partial charge in [0.25, 0.3) is 6.43 Å². The van der Waals surface area contributed by atoms with Crippen molar-refractivity contribution in [2.24, 2.45) is 0 Å². The molecule has 1 N–H and O–H groups in total. The Morgan fingerprint density at radius 1 is 1.41 bits per heavy atom. The Balaban J connectivity index is 3.51. The number of halogens is 6. The van der Waals surface area contributed by atoms with Gasteiger partial charge in [-0.05, 0) is 6.07 Å². The topological polar surface area (TPSA) is 50.2 Å². The SMILES string of the molecule is O=C(O)c1nc(C(F)(F)F)c(Cl)cc1C(F)F. The quantitative estimate of drug-likeness (QED) is 0.842. The third kappa shape index (κ3) is 2.82. The van der Waals surface area contributed by atoms with Crippen molar-refractivity contribution in [2.75, 3.05) is 0 Å². The number of aromatic nitrogens is 1. The average Bonchev–Trinajstić information content (AvgIpc) is 2.14. The van der Waals surface area contributed by atoms with Gasteiger partial charge in [-0.1, -0.05) is 11.6 Å². The van der Waals surface area contributed by atoms with Crippen LogP contribution in [0.3, 0.4) is 0 Å². The van der Waals surface area contributed by atoms with Crippen molar-refractivity contribution in [2.45, 2.75) is 12.6 Å². The lowest BCUT2D eigenvalue weighted by Gasteiger charge is -2.11. The number of hydrogen-bond acceptors (Lipinski definition) is 2. The van der Waals surface area contributed by atoms with Crippen LogP contribution in [0.2, 0.25) is 5.02 Å². The van der Waals surface area contributed by atoms with Gasteiger partial charge in [-0.15, -0.1) is 0 Å². The number of nitrogens with zero attached hydrogens (tertiary/aromatic N) is 1. The molecule has 0 atom stereocenters. The molecule has 0 fully saturated rings. The molecule has 0 radical (unpaired) electrons. The second kappa shape index (κ2) is 4.44. The molecule has 0 saturated heterocycles. The van der Waals surface area contributed by atoms with E-state index in [1.807, 2.05) is 0 Å². The molecule has 1 aromatic rings. The largest absolute Gasteiger partial charge is 0.476 e. The Labute approximate surface area is 95.8 Å². The first-order valence-electron chi connectivity index (χ1n) is 3.93. The van der Waals surface area contributed by atoms with Gasteiger partial charge < -0.3 is 5.11 Å². The molecule has 3 nitrogen and oxygen atoms in total. The molecule has 0 aliphatic rings. The molecule has 1 rings (SSSR count). The van der Waals surface area contributed by atoms with E-state index in [-0.39, 0.29) is 6.07 Å². The van der Waals surface area contributed by atoms with Gasteiger partial charge in [0.05, 0.1) is 10.6 Å². The number of rotatable bonds is 2. The van der Waals surface area contributed by atoms with E-state index in [2.05, 4.69) is 4.98 Å². The summed E-state index contributed by atoms with van der Waals surface area (Å²) in [4.78, 5) is 13.1. The van der Waals surface area contributed by atoms with Crippen LogP contribution in [-0.2, 0) is 6.18 Å². The minimum Gasteiger partial charge on any atom is -0.476 e. The molecule has 17 heavy (non-hydrogen) atoms. The van der Waals surface area contributed by atoms with Crippen molar-refractivity contribution in [3.8, 4) is 0 Å². The van der Waals surface area contributed by atoms with E-state index in [1.54, 1.807) is 0 Å². The van der Waals surface area contributed by atoms with Crippen LogP contribution in [0.1, 0.15) is 28.2 Å². The summed E-state index contributed by atoms with van der Waals surface area (Å²) >= 11 is 5.13. The van der Waals surface area contributed by atoms with Gasteiger partial charge in [0.15, 0.2) is 11.4 Å². The molecule has 0 saturated carbocycles. The first-order chi connectivity index (χ1) is 7.64. The van der Waals surface area contributed by atoms with Crippen LogP contribution in [0, 0.1) is 0 Å². The normalized spacial score (nSPS) is 11.9. The molecule has 9 heteroatoms. The lowest BCUT2D eigenvalue weighted by atomic mass is 10.1. The number of carboxylic acids is 1. The van der Waals surface area contributed by atoms with Crippen LogP contribution in [-0.4, -0.2) is 16.1 Å². The Morgan fingerprint density at radius 3 is 2.29 bits per heavy atom. The van der Waals surface area contributed by atoms with Gasteiger partial charge in [-0.3, -0.25) is 0 Å². The fourth-order valence-electron chi connectivity index (χ4n) is 1.04. The number of aromatic carboxylic acids is 1. The summed E-state index contributed by atoms with van der Waals surface area (Å²) in [6.07, 6.45) is -8.30. The van der Waals surface area contributed by atoms with Crippen LogP contribution >= 0.6 is 11.6 Å². The Morgan fingerprint density at radius 2 is 1.94 bits per heavy atom. The third-order valence-electron chi connectivity index (χ3n) is 1.71. The molecule has 0 aromatic carbocycles. The maximum absolute atomic E-state index is 12.4. The molecule has 0 amide bonds. The predicted molar refractivity (Wildman–Crippen MR) is 46.2 cm³/mol. The summed E-state index contributed by atoms with van der Waals surface area (Å²) in [7, 11) is 0. The second-order valence-corrected chi connectivity index (χ2v) is 3.27. The summed E-state index contributed by atoms with van der Waals surface area (Å²) < 4.78 is 61.6. The summed E-state index contributed by atoms with van der Waals surface area (Å²) in [5, 5.41) is 7.42. The van der Waals surface area contributed by atoms with Gasteiger partial charge in [-0.2, -0.15) is 13.2 Å². The monoisotopic (exact) mass is 275 g/mol. The molecule has 0 aliphatic carbocycles. The fraction of sp³-hybridized carbons (Fsp3) is 0.250. The number of carboxylic acid groups (broad SMARTS) is 1. The maximum Gasteiger partial charge on any atom is 0.434 e. The van der Waals surface area contributed by atoms with E-state index in [4.69, 9.17) is 16.7 Å². The smallest absolute Gasteiger partial charge is 0.434 e. The molecule has 0 bridgehead atoms. The van der Waals surface area contributed by atoms with Crippen molar-refractivity contribution in [1.82, 2.24) is 4.98 Å². The van der Waals surface area contributed by atoms with Crippen molar-refractivity contribution in [1.29, 1.82) is 0 Å². The van der Waals surface area contributed by atoms with Crippen LogP contribution < -0.4 is 0 Å². The average molecular weight is 276 g/mol. The fourth-order valence-corrected chi connectivity index (χ4v) is 1.31. The third-order valence-corrected chi connectivity index (χ3v) is 2.00. The van der Waals surface area contributed by atoms with E-state index in [9.17, 15) is 26.7 Å². The van der Waals surface area contributed by atoms with Crippen LogP contribution in [0.5, 0.6) is 0 Å². The highest BCUT2D eigenvalue weighted by atomic mass is 35.5. The van der Waals surface area contributed by atoms with E-state index in [1.165, 1.54) is 0 Å². The van der Waals surface area contributed by atoms with Crippen LogP contribution in [0.25, 0.3) is 0 Å². The number of pyridine rings is 1. The minimum atomic E-state index is -5.01. The highest BCUT2D eigenvalue weighted by Crippen LogP contribution is 2.36. The molecule has 1 aromatic heterocycles. The minimum absolute atomic E-state index is 0.255. The lowest BCUT2D eigenvalue weighted by molar-refractivity contribution is -0.141. The van der Waals surface area contributed by atoms with E-state index in [0.717, 1.165) is 0 Å². The van der Waals surface area contributed by atoms with Gasteiger partial charge in [0.2, 0.25) is 0 Å². The first kappa shape index (κ1) is 13.6. The summed E-state index contributed by atoms with van der Waals surface area (Å²) in [6, 6.07) is 0.255. The first-order valence-corrected chi connectivity index (χ1v) is 4.31. The Kier molecular flexibility index (Phi) is 3.56. The summed E-state index contributed by atoms with van der Waals surface area (Å²) in [6.45, 7) is 0. The zero-order valence-electron chi connectivity index (χ0n) is 7.73. The highest BCUT2D eigenvalue weighted by Gasteiger charge is 2.37. The molecule has 0 unspecified atom stereocenters. The number of carbonyl (C=O) groups is 1. The lowest BCUT2D eigenvalue weighted by Crippen LogP contribution is -2.15. The van der Waals surface area contributed by atoms with Crippen molar-refractivity contribution >= 4 is 17.6 Å². The van der Waals surface area contributed by atoms with Crippen LogP contribution in [0.15, 0.2) is 6.07 Å². The van der Waals surface area contributed by atoms with E-state index >= 15 is 0 Å². The van der Waals surface area contributed by atoms with E-state index in [0.29, 0.717) is 0 Å². The molecule has 1 heterocycles. The molecular formula is C8H3ClF5NO2. The van der Waals surface area contributed by atoms with Crippen LogP contribution in [0.4, 0.5) is 22.0 Å². The zero-order valence-corrected chi connectivity index (χ0v) is 8.48. The molecule has 0 spiro atoms. The van der Waals surface area contributed by atoms with Gasteiger partial charge >= 0.3 is 12.1 Å². The predicted octanol–water partition coefficient (Wildman–Crippen LogP) is 3.39. The zero-order chi connectivity index (χ0) is 13.4. The van der Waals surface area contributed by atoms with Gasteiger partial charge in [0, 0.05) is 0 Å². The number of hydrogen-bond donors (Lipinski definition) is 1. The summed E-state index contributed by atoms with van der Waals surface area (Å²) in [5.41, 5.74) is -4.23. The Bertz CT molecular complexity index is 460. The van der Waals surface area contributed by atoms with Crippen molar-refractivity contribution < 1.29 is 31.9 Å². The molecule has 0 aliphatic heterocycles. The number of alkyl halides is 5. The Hall–Kier alpha value is -1.44. The van der Waals surface area contributed by atoms with Gasteiger partial charge in [-0.25, -0.2) is 18.6 Å². The summed E-state index contributed by atoms with van der Waals surface area (Å²) in [5.74, 6) is -1.98. The van der Waals surface area contributed by atoms with Crippen molar-refractivity contribution in [3.05, 3.63) is 28.0 Å². The maximum atomic E-state index is 12.4. The highest BCUT2D eigenvalue weighted by molar-refractivity contribution is 6.31. The van der Waals surface area contributed by atoms with Gasteiger partial charge in [0.1, 0.15) is 0 Å². The second-order valence-electron chi connectivity index (χ2n) is 2.86. The van der Waals surface area contributed by atoms with Crippen molar-refractivity contribution in [3.63, 3.8) is 0 Å². The molecule has 94 valence electrons. The standard InChI is InChI=1S/C8H3ClF5NO2/c9-3-1-2(6(10)11)4(7(16)17)15-5(3)8(12,13)14/h1,6H,(H,16,17). The van der Waals surface area contributed by atoms with E-state index < -0.39 is 40.5 Å².